The van der Waals surface area contributed by atoms with Crippen molar-refractivity contribution < 1.29 is 0 Å². The van der Waals surface area contributed by atoms with Crippen LogP contribution >= 0.6 is 0 Å². The third kappa shape index (κ3) is 1.59. The molecule has 1 aromatic rings. The van der Waals surface area contributed by atoms with E-state index in [0.717, 1.165) is 12.8 Å². The zero-order chi connectivity index (χ0) is 11.1. The first-order chi connectivity index (χ1) is 7.10. The molecule has 0 aromatic carbocycles. The molecular formula is C12H21N3. The highest BCUT2D eigenvalue weighted by Crippen LogP contribution is 2.43. The summed E-state index contributed by atoms with van der Waals surface area (Å²) in [6.07, 6.45) is 3.37. The number of aromatic amines is 1. The molecule has 3 heteroatoms. The zero-order valence-corrected chi connectivity index (χ0v) is 10.1. The fraction of sp³-hybridized carbons (Fsp3) is 0.750. The Kier molecular flexibility index (Phi) is 2.59. The highest BCUT2D eigenvalue weighted by molar-refractivity contribution is 5.33. The molecule has 1 atom stereocenters. The highest BCUT2D eigenvalue weighted by atomic mass is 15.1. The number of aromatic nitrogens is 2. The van der Waals surface area contributed by atoms with Gasteiger partial charge in [-0.05, 0) is 31.7 Å². The normalized spacial score (nSPS) is 23.9. The van der Waals surface area contributed by atoms with E-state index in [1.165, 1.54) is 23.4 Å². The van der Waals surface area contributed by atoms with E-state index in [1.807, 2.05) is 7.05 Å². The van der Waals surface area contributed by atoms with Crippen molar-refractivity contribution in [3.63, 3.8) is 0 Å². The quantitative estimate of drug-likeness (QED) is 0.780. The Morgan fingerprint density at radius 2 is 2.27 bits per heavy atom. The first kappa shape index (κ1) is 10.7. The molecule has 15 heavy (non-hydrogen) atoms. The zero-order valence-electron chi connectivity index (χ0n) is 10.1. The van der Waals surface area contributed by atoms with Crippen LogP contribution in [0.2, 0.25) is 0 Å². The van der Waals surface area contributed by atoms with Gasteiger partial charge in [0.25, 0.3) is 0 Å². The molecular weight excluding hydrogens is 186 g/mol. The minimum Gasteiger partial charge on any atom is -0.312 e. The predicted octanol–water partition coefficient (Wildman–Crippen LogP) is 2.21. The van der Waals surface area contributed by atoms with Gasteiger partial charge in [0.05, 0.1) is 5.69 Å². The van der Waals surface area contributed by atoms with Crippen LogP contribution in [0.4, 0.5) is 0 Å². The Morgan fingerprint density at radius 1 is 1.53 bits per heavy atom. The van der Waals surface area contributed by atoms with Crippen LogP contribution in [0.15, 0.2) is 0 Å². The van der Waals surface area contributed by atoms with Gasteiger partial charge in [-0.15, -0.1) is 0 Å². The van der Waals surface area contributed by atoms with E-state index in [1.54, 1.807) is 0 Å². The molecule has 2 rings (SSSR count). The van der Waals surface area contributed by atoms with E-state index >= 15 is 0 Å². The van der Waals surface area contributed by atoms with E-state index < -0.39 is 0 Å². The van der Waals surface area contributed by atoms with Gasteiger partial charge in [-0.25, -0.2) is 0 Å². The molecule has 1 heterocycles. The summed E-state index contributed by atoms with van der Waals surface area (Å²) < 4.78 is 0. The molecule has 0 amide bonds. The Morgan fingerprint density at radius 3 is 2.87 bits per heavy atom. The second-order valence-corrected chi connectivity index (χ2v) is 5.13. The van der Waals surface area contributed by atoms with Crippen molar-refractivity contribution in [1.82, 2.24) is 15.5 Å². The predicted molar refractivity (Wildman–Crippen MR) is 61.9 cm³/mol. The summed E-state index contributed by atoms with van der Waals surface area (Å²) in [7, 11) is 2.05. The average molecular weight is 207 g/mol. The molecule has 1 unspecified atom stereocenters. The molecule has 2 N–H and O–H groups in total. The lowest BCUT2D eigenvalue weighted by Crippen LogP contribution is -2.36. The van der Waals surface area contributed by atoms with Crippen LogP contribution in [0, 0.1) is 5.41 Å². The number of hydrogen-bond acceptors (Lipinski definition) is 2. The van der Waals surface area contributed by atoms with Gasteiger partial charge in [0.1, 0.15) is 0 Å². The lowest BCUT2D eigenvalue weighted by atomic mass is 9.71. The average Bonchev–Trinajstić information content (AvgIpc) is 2.59. The molecule has 3 nitrogen and oxygen atoms in total. The van der Waals surface area contributed by atoms with Crippen molar-refractivity contribution in [1.29, 1.82) is 0 Å². The smallest absolute Gasteiger partial charge is 0.0670 e. The summed E-state index contributed by atoms with van der Waals surface area (Å²) in [6.45, 7) is 6.85. The molecule has 0 saturated carbocycles. The monoisotopic (exact) mass is 207 g/mol. The Labute approximate surface area is 91.7 Å². The minimum atomic E-state index is 0.329. The topological polar surface area (TPSA) is 40.7 Å². The number of hydrogen-bond donors (Lipinski definition) is 2. The molecule has 1 aromatic heterocycles. The standard InChI is InChI=1S/C12H21N3/c1-5-8-10-9(15-14-8)6-7-12(2,3)11(10)13-4/h11,13H,5-7H2,1-4H3,(H,14,15). The number of rotatable bonds is 2. The van der Waals surface area contributed by atoms with Gasteiger partial charge in [0.15, 0.2) is 0 Å². The summed E-state index contributed by atoms with van der Waals surface area (Å²) in [5, 5.41) is 11.1. The van der Waals surface area contributed by atoms with Crippen LogP contribution in [0.25, 0.3) is 0 Å². The Balaban J connectivity index is 2.47. The van der Waals surface area contributed by atoms with Gasteiger partial charge in [0, 0.05) is 17.3 Å². The third-order valence-electron chi connectivity index (χ3n) is 3.67. The lowest BCUT2D eigenvalue weighted by molar-refractivity contribution is 0.217. The van der Waals surface area contributed by atoms with Crippen molar-refractivity contribution in [3.8, 4) is 0 Å². The minimum absolute atomic E-state index is 0.329. The summed E-state index contributed by atoms with van der Waals surface area (Å²) in [5.41, 5.74) is 4.33. The van der Waals surface area contributed by atoms with Crippen LogP contribution in [0.3, 0.4) is 0 Å². The van der Waals surface area contributed by atoms with Crippen LogP contribution in [0.1, 0.15) is 50.2 Å². The van der Waals surface area contributed by atoms with Crippen LogP contribution in [-0.4, -0.2) is 17.2 Å². The molecule has 0 bridgehead atoms. The SMILES string of the molecule is CCc1n[nH]c2c1C(NC)C(C)(C)CC2. The van der Waals surface area contributed by atoms with Gasteiger partial charge in [0.2, 0.25) is 0 Å². The highest BCUT2D eigenvalue weighted by Gasteiger charge is 2.37. The molecule has 0 saturated heterocycles. The maximum atomic E-state index is 4.42. The van der Waals surface area contributed by atoms with Crippen molar-refractivity contribution >= 4 is 0 Å². The number of aryl methyl sites for hydroxylation is 2. The molecule has 0 radical (unpaired) electrons. The van der Waals surface area contributed by atoms with Crippen LogP contribution < -0.4 is 5.32 Å². The molecule has 1 aliphatic carbocycles. The number of nitrogens with zero attached hydrogens (tertiary/aromatic N) is 1. The largest absolute Gasteiger partial charge is 0.312 e. The maximum Gasteiger partial charge on any atom is 0.0670 e. The first-order valence-electron chi connectivity index (χ1n) is 5.83. The third-order valence-corrected chi connectivity index (χ3v) is 3.67. The van der Waals surface area contributed by atoms with E-state index in [0.29, 0.717) is 11.5 Å². The van der Waals surface area contributed by atoms with Crippen molar-refractivity contribution in [2.24, 2.45) is 5.41 Å². The summed E-state index contributed by atoms with van der Waals surface area (Å²) in [4.78, 5) is 0. The Bertz CT molecular complexity index is 338. The second-order valence-electron chi connectivity index (χ2n) is 5.13. The van der Waals surface area contributed by atoms with Crippen molar-refractivity contribution in [2.45, 2.75) is 46.1 Å². The molecule has 0 aliphatic heterocycles. The van der Waals surface area contributed by atoms with Gasteiger partial charge in [-0.1, -0.05) is 20.8 Å². The van der Waals surface area contributed by atoms with Crippen molar-refractivity contribution in [3.05, 3.63) is 17.0 Å². The second kappa shape index (κ2) is 3.63. The van der Waals surface area contributed by atoms with E-state index in [-0.39, 0.29) is 0 Å². The molecule has 0 spiro atoms. The molecule has 0 fully saturated rings. The molecule has 1 aliphatic rings. The number of H-pyrrole nitrogens is 1. The maximum absolute atomic E-state index is 4.42. The first-order valence-corrected chi connectivity index (χ1v) is 5.83. The summed E-state index contributed by atoms with van der Waals surface area (Å²) in [6, 6.07) is 0.440. The molecule has 84 valence electrons. The van der Waals surface area contributed by atoms with Gasteiger partial charge in [-0.2, -0.15) is 5.10 Å². The summed E-state index contributed by atoms with van der Waals surface area (Å²) in [5.74, 6) is 0. The number of fused-ring (bicyclic) bond motifs is 1. The lowest BCUT2D eigenvalue weighted by Gasteiger charge is -2.38. The van der Waals surface area contributed by atoms with Crippen LogP contribution in [-0.2, 0) is 12.8 Å². The van der Waals surface area contributed by atoms with Gasteiger partial charge in [-0.3, -0.25) is 5.10 Å². The van der Waals surface area contributed by atoms with Crippen LogP contribution in [0.5, 0.6) is 0 Å². The number of nitrogens with one attached hydrogen (secondary N) is 2. The Hall–Kier alpha value is -0.830. The van der Waals surface area contributed by atoms with Crippen molar-refractivity contribution in [2.75, 3.05) is 7.05 Å². The van der Waals surface area contributed by atoms with Gasteiger partial charge >= 0.3 is 0 Å². The van der Waals surface area contributed by atoms with E-state index in [2.05, 4.69) is 36.3 Å². The fourth-order valence-electron chi connectivity index (χ4n) is 2.75. The fourth-order valence-corrected chi connectivity index (χ4v) is 2.75. The van der Waals surface area contributed by atoms with E-state index in [9.17, 15) is 0 Å². The summed E-state index contributed by atoms with van der Waals surface area (Å²) >= 11 is 0. The van der Waals surface area contributed by atoms with E-state index in [4.69, 9.17) is 0 Å². The van der Waals surface area contributed by atoms with Gasteiger partial charge < -0.3 is 5.32 Å².